The molecule has 0 amide bonds. The fraction of sp³-hybridized carbons (Fsp3) is 0.923. The van der Waals surface area contributed by atoms with Crippen LogP contribution >= 0.6 is 0 Å². The Bertz CT molecular complexity index is 237. The SMILES string of the molecule is CCN(CCOC)CCC(C)(C#N)NC(C)C. The maximum atomic E-state index is 9.24. The van der Waals surface area contributed by atoms with Crippen LogP contribution in [0.3, 0.4) is 0 Å². The van der Waals surface area contributed by atoms with Gasteiger partial charge in [0.2, 0.25) is 0 Å². The van der Waals surface area contributed by atoms with E-state index in [0.29, 0.717) is 6.04 Å². The third-order valence-electron chi connectivity index (χ3n) is 2.84. The number of hydrogen-bond acceptors (Lipinski definition) is 4. The van der Waals surface area contributed by atoms with Crippen LogP contribution in [0.4, 0.5) is 0 Å². The molecule has 0 rings (SSSR count). The van der Waals surface area contributed by atoms with E-state index in [1.54, 1.807) is 7.11 Å². The normalized spacial score (nSPS) is 14.9. The van der Waals surface area contributed by atoms with E-state index in [1.165, 1.54) is 0 Å². The first-order chi connectivity index (χ1) is 7.97. The summed E-state index contributed by atoms with van der Waals surface area (Å²) in [4.78, 5) is 2.31. The molecule has 4 nitrogen and oxygen atoms in total. The molecule has 0 heterocycles. The Hall–Kier alpha value is -0.630. The first-order valence-electron chi connectivity index (χ1n) is 6.37. The van der Waals surface area contributed by atoms with Crippen molar-refractivity contribution in [1.29, 1.82) is 5.26 Å². The third-order valence-corrected chi connectivity index (χ3v) is 2.84. The number of nitriles is 1. The molecule has 17 heavy (non-hydrogen) atoms. The lowest BCUT2D eigenvalue weighted by Gasteiger charge is -2.29. The summed E-state index contributed by atoms with van der Waals surface area (Å²) in [5, 5.41) is 12.6. The quantitative estimate of drug-likeness (QED) is 0.666. The highest BCUT2D eigenvalue weighted by molar-refractivity contribution is 5.04. The lowest BCUT2D eigenvalue weighted by molar-refractivity contribution is 0.145. The van der Waals surface area contributed by atoms with E-state index in [-0.39, 0.29) is 0 Å². The van der Waals surface area contributed by atoms with Crippen molar-refractivity contribution in [1.82, 2.24) is 10.2 Å². The Balaban J connectivity index is 4.15. The van der Waals surface area contributed by atoms with E-state index in [1.807, 2.05) is 6.92 Å². The number of ether oxygens (including phenoxy) is 1. The lowest BCUT2D eigenvalue weighted by atomic mass is 9.98. The maximum absolute atomic E-state index is 9.24. The van der Waals surface area contributed by atoms with Crippen molar-refractivity contribution < 1.29 is 4.74 Å². The molecule has 0 bridgehead atoms. The van der Waals surface area contributed by atoms with E-state index in [9.17, 15) is 5.26 Å². The van der Waals surface area contributed by atoms with Crippen molar-refractivity contribution in [3.05, 3.63) is 0 Å². The average molecular weight is 241 g/mol. The Morgan fingerprint density at radius 3 is 2.47 bits per heavy atom. The Labute approximate surface area is 106 Å². The van der Waals surface area contributed by atoms with E-state index in [4.69, 9.17) is 4.74 Å². The van der Waals surface area contributed by atoms with Crippen molar-refractivity contribution in [2.45, 2.75) is 45.7 Å². The molecular formula is C13H27N3O. The van der Waals surface area contributed by atoms with E-state index >= 15 is 0 Å². The summed E-state index contributed by atoms with van der Waals surface area (Å²) in [6.45, 7) is 11.8. The van der Waals surface area contributed by atoms with Crippen molar-refractivity contribution in [2.75, 3.05) is 33.4 Å². The monoisotopic (exact) mass is 241 g/mol. The molecule has 0 aliphatic heterocycles. The van der Waals surface area contributed by atoms with Crippen LogP contribution in [-0.4, -0.2) is 49.8 Å². The predicted octanol–water partition coefficient (Wildman–Crippen LogP) is 1.63. The second-order valence-electron chi connectivity index (χ2n) is 4.92. The molecule has 0 aromatic carbocycles. The second-order valence-corrected chi connectivity index (χ2v) is 4.92. The van der Waals surface area contributed by atoms with Crippen LogP contribution in [0.25, 0.3) is 0 Å². The number of hydrogen-bond donors (Lipinski definition) is 1. The van der Waals surface area contributed by atoms with Gasteiger partial charge in [-0.05, 0) is 33.7 Å². The van der Waals surface area contributed by atoms with Gasteiger partial charge in [-0.15, -0.1) is 0 Å². The molecule has 0 aliphatic rings. The molecule has 0 aromatic heterocycles. The molecule has 1 unspecified atom stereocenters. The summed E-state index contributed by atoms with van der Waals surface area (Å²) in [7, 11) is 1.72. The van der Waals surface area contributed by atoms with Crippen LogP contribution in [0.5, 0.6) is 0 Å². The highest BCUT2D eigenvalue weighted by atomic mass is 16.5. The van der Waals surface area contributed by atoms with Gasteiger partial charge < -0.3 is 9.64 Å². The molecule has 1 N–H and O–H groups in total. The third kappa shape index (κ3) is 7.32. The zero-order chi connectivity index (χ0) is 13.3. The first kappa shape index (κ1) is 16.4. The minimum Gasteiger partial charge on any atom is -0.383 e. The van der Waals surface area contributed by atoms with Crippen molar-refractivity contribution in [2.24, 2.45) is 0 Å². The highest BCUT2D eigenvalue weighted by Gasteiger charge is 2.24. The molecule has 0 aliphatic carbocycles. The number of nitrogens with zero attached hydrogens (tertiary/aromatic N) is 2. The fourth-order valence-electron chi connectivity index (χ4n) is 1.83. The molecule has 0 spiro atoms. The van der Waals surface area contributed by atoms with Gasteiger partial charge in [0.25, 0.3) is 0 Å². The number of methoxy groups -OCH3 is 1. The largest absolute Gasteiger partial charge is 0.383 e. The lowest BCUT2D eigenvalue weighted by Crippen LogP contribution is -2.47. The number of nitrogens with one attached hydrogen (secondary N) is 1. The Kier molecular flexibility index (Phi) is 8.15. The topological polar surface area (TPSA) is 48.3 Å². The van der Waals surface area contributed by atoms with Crippen LogP contribution in [0.1, 0.15) is 34.1 Å². The summed E-state index contributed by atoms with van der Waals surface area (Å²) in [5.74, 6) is 0. The van der Waals surface area contributed by atoms with Crippen LogP contribution in [0, 0.1) is 11.3 Å². The molecule has 0 saturated carbocycles. The van der Waals surface area contributed by atoms with Gasteiger partial charge in [0.15, 0.2) is 0 Å². The Morgan fingerprint density at radius 2 is 2.06 bits per heavy atom. The Morgan fingerprint density at radius 1 is 1.41 bits per heavy atom. The highest BCUT2D eigenvalue weighted by Crippen LogP contribution is 2.10. The van der Waals surface area contributed by atoms with E-state index < -0.39 is 5.54 Å². The maximum Gasteiger partial charge on any atom is 0.105 e. The molecular weight excluding hydrogens is 214 g/mol. The predicted molar refractivity (Wildman–Crippen MR) is 70.9 cm³/mol. The minimum absolute atomic E-state index is 0.328. The zero-order valence-electron chi connectivity index (χ0n) is 11.9. The zero-order valence-corrected chi connectivity index (χ0v) is 11.9. The van der Waals surface area contributed by atoms with Crippen molar-refractivity contribution in [3.8, 4) is 6.07 Å². The molecule has 0 aromatic rings. The van der Waals surface area contributed by atoms with Gasteiger partial charge in [0.1, 0.15) is 5.54 Å². The van der Waals surface area contributed by atoms with Gasteiger partial charge in [-0.3, -0.25) is 5.32 Å². The molecule has 1 atom stereocenters. The number of likely N-dealkylation sites (N-methyl/N-ethyl adjacent to an activating group) is 1. The summed E-state index contributed by atoms with van der Waals surface area (Å²) >= 11 is 0. The average Bonchev–Trinajstić information content (AvgIpc) is 2.28. The fourth-order valence-corrected chi connectivity index (χ4v) is 1.83. The summed E-state index contributed by atoms with van der Waals surface area (Å²) in [6.07, 6.45) is 0.833. The second kappa shape index (κ2) is 8.46. The van der Waals surface area contributed by atoms with Crippen LogP contribution < -0.4 is 5.32 Å². The molecule has 0 fully saturated rings. The standard InChI is InChI=1S/C13H27N3O/c1-6-16(9-10-17-5)8-7-13(4,11-14)15-12(2)3/h12,15H,6-10H2,1-5H3. The van der Waals surface area contributed by atoms with Crippen molar-refractivity contribution in [3.63, 3.8) is 0 Å². The van der Waals surface area contributed by atoms with E-state index in [0.717, 1.165) is 32.7 Å². The molecule has 0 saturated heterocycles. The first-order valence-corrected chi connectivity index (χ1v) is 6.37. The minimum atomic E-state index is -0.436. The van der Waals surface area contributed by atoms with Gasteiger partial charge in [-0.2, -0.15) is 5.26 Å². The molecule has 100 valence electrons. The van der Waals surface area contributed by atoms with Gasteiger partial charge >= 0.3 is 0 Å². The van der Waals surface area contributed by atoms with Crippen LogP contribution in [-0.2, 0) is 4.74 Å². The summed E-state index contributed by atoms with van der Waals surface area (Å²) in [5.41, 5.74) is -0.436. The van der Waals surface area contributed by atoms with Crippen LogP contribution in [0.15, 0.2) is 0 Å². The van der Waals surface area contributed by atoms with Crippen molar-refractivity contribution >= 4 is 0 Å². The van der Waals surface area contributed by atoms with Gasteiger partial charge in [-0.25, -0.2) is 0 Å². The smallest absolute Gasteiger partial charge is 0.105 e. The van der Waals surface area contributed by atoms with Crippen LogP contribution in [0.2, 0.25) is 0 Å². The molecule has 0 radical (unpaired) electrons. The van der Waals surface area contributed by atoms with E-state index in [2.05, 4.69) is 37.1 Å². The number of rotatable bonds is 9. The van der Waals surface area contributed by atoms with Gasteiger partial charge in [0.05, 0.1) is 12.7 Å². The summed E-state index contributed by atoms with van der Waals surface area (Å²) in [6, 6.07) is 2.70. The summed E-state index contributed by atoms with van der Waals surface area (Å²) < 4.78 is 5.07. The van der Waals surface area contributed by atoms with Gasteiger partial charge in [0, 0.05) is 26.2 Å². The molecule has 4 heteroatoms. The van der Waals surface area contributed by atoms with Gasteiger partial charge in [-0.1, -0.05) is 6.92 Å².